The summed E-state index contributed by atoms with van der Waals surface area (Å²) in [4.78, 5) is 36.1. The van der Waals surface area contributed by atoms with Gasteiger partial charge in [0.25, 0.3) is 18.2 Å². The number of pyridine rings is 1. The summed E-state index contributed by atoms with van der Waals surface area (Å²) in [5, 5.41) is 0.861. The van der Waals surface area contributed by atoms with Gasteiger partial charge < -0.3 is 23.8 Å². The Labute approximate surface area is 290 Å². The minimum absolute atomic E-state index is 0.0800. The van der Waals surface area contributed by atoms with E-state index >= 15 is 0 Å². The van der Waals surface area contributed by atoms with Crippen LogP contribution >= 0.6 is 0 Å². The van der Waals surface area contributed by atoms with E-state index in [4.69, 9.17) is 9.47 Å². The zero-order chi connectivity index (χ0) is 36.3. The van der Waals surface area contributed by atoms with Crippen molar-refractivity contribution < 1.29 is 41.0 Å². The average Bonchev–Trinajstić information content (AvgIpc) is 3.46. The second kappa shape index (κ2) is 14.8. The number of aromatic nitrogens is 2. The van der Waals surface area contributed by atoms with Gasteiger partial charge in [0.15, 0.2) is 0 Å². The number of benzene rings is 3. The molecule has 9 nitrogen and oxygen atoms in total. The normalized spacial score (nSPS) is 13.8. The van der Waals surface area contributed by atoms with E-state index in [1.54, 1.807) is 30.3 Å². The fraction of sp³-hybridized carbons (Fsp3) is 0.270. The van der Waals surface area contributed by atoms with Gasteiger partial charge in [0.2, 0.25) is 5.88 Å². The standard InChI is InChI=1S/C37H34F5N5O4/c1-44(35(48)25-5-8-27(9-6-25)37(40,41)42)28-10-14-34(43-21-28)51-30-13-7-26-19-32(45(2)31(26)20-30)36(49)47-17-15-46(16-18-47)22-24-3-11-29(12-4-24)50-23-33(38)39/h3-14,19-21,33H,15-18,22-23H2,1-2H3. The molecule has 1 aliphatic heterocycles. The third kappa shape index (κ3) is 8.28. The first-order chi connectivity index (χ1) is 24.4. The van der Waals surface area contributed by atoms with Crippen molar-refractivity contribution in [2.45, 2.75) is 19.1 Å². The summed E-state index contributed by atoms with van der Waals surface area (Å²) in [7, 11) is 3.32. The number of halogens is 5. The highest BCUT2D eigenvalue weighted by molar-refractivity contribution is 6.05. The van der Waals surface area contributed by atoms with Crippen LogP contribution in [-0.2, 0) is 19.8 Å². The maximum absolute atomic E-state index is 13.6. The van der Waals surface area contributed by atoms with E-state index in [9.17, 15) is 31.5 Å². The maximum atomic E-state index is 13.6. The summed E-state index contributed by atoms with van der Waals surface area (Å²) in [6.45, 7) is 2.50. The van der Waals surface area contributed by atoms with Gasteiger partial charge in [-0.15, -0.1) is 0 Å². The Morgan fingerprint density at radius 3 is 2.20 bits per heavy atom. The van der Waals surface area contributed by atoms with E-state index in [0.717, 1.165) is 40.7 Å². The molecule has 0 atom stereocenters. The highest BCUT2D eigenvalue weighted by atomic mass is 19.4. The first kappa shape index (κ1) is 35.3. The molecule has 1 saturated heterocycles. The molecule has 0 aliphatic carbocycles. The molecule has 14 heteroatoms. The summed E-state index contributed by atoms with van der Waals surface area (Å²) in [6.07, 6.45) is -5.59. The smallest absolute Gasteiger partial charge is 0.416 e. The summed E-state index contributed by atoms with van der Waals surface area (Å²) >= 11 is 0. The number of amides is 2. The second-order valence-corrected chi connectivity index (χ2v) is 12.1. The predicted molar refractivity (Wildman–Crippen MR) is 181 cm³/mol. The van der Waals surface area contributed by atoms with Gasteiger partial charge in [0.1, 0.15) is 23.8 Å². The van der Waals surface area contributed by atoms with Gasteiger partial charge in [-0.25, -0.2) is 13.8 Å². The highest BCUT2D eigenvalue weighted by Crippen LogP contribution is 2.31. The van der Waals surface area contributed by atoms with Gasteiger partial charge in [0.05, 0.1) is 23.0 Å². The second-order valence-electron chi connectivity index (χ2n) is 12.1. The number of hydrogen-bond donors (Lipinski definition) is 0. The molecule has 1 aliphatic rings. The van der Waals surface area contributed by atoms with Crippen LogP contribution in [0.25, 0.3) is 10.9 Å². The van der Waals surface area contributed by atoms with E-state index in [0.29, 0.717) is 55.6 Å². The number of aryl methyl sites for hydroxylation is 1. The zero-order valence-corrected chi connectivity index (χ0v) is 27.7. The van der Waals surface area contributed by atoms with Crippen molar-refractivity contribution in [2.24, 2.45) is 7.05 Å². The Kier molecular flexibility index (Phi) is 10.2. The molecule has 5 aromatic rings. The molecule has 266 valence electrons. The molecule has 0 saturated carbocycles. The van der Waals surface area contributed by atoms with Gasteiger partial charge in [-0.2, -0.15) is 13.2 Å². The molecule has 0 N–H and O–H groups in total. The van der Waals surface area contributed by atoms with Gasteiger partial charge in [-0.3, -0.25) is 14.5 Å². The van der Waals surface area contributed by atoms with Crippen LogP contribution in [0.1, 0.15) is 32.0 Å². The fourth-order valence-electron chi connectivity index (χ4n) is 5.82. The third-order valence-corrected chi connectivity index (χ3v) is 8.70. The number of piperazine rings is 1. The number of hydrogen-bond acceptors (Lipinski definition) is 6. The van der Waals surface area contributed by atoms with Crippen LogP contribution < -0.4 is 14.4 Å². The minimum Gasteiger partial charge on any atom is -0.488 e. The summed E-state index contributed by atoms with van der Waals surface area (Å²) in [6, 6.07) is 21.6. The van der Waals surface area contributed by atoms with Crippen LogP contribution in [0.5, 0.6) is 17.4 Å². The largest absolute Gasteiger partial charge is 0.488 e. The lowest BCUT2D eigenvalue weighted by Gasteiger charge is -2.34. The number of carbonyl (C=O) groups is 2. The van der Waals surface area contributed by atoms with E-state index in [1.165, 1.54) is 18.1 Å². The Balaban J connectivity index is 1.04. The Morgan fingerprint density at radius 1 is 0.882 bits per heavy atom. The molecular formula is C37H34F5N5O4. The zero-order valence-electron chi connectivity index (χ0n) is 27.7. The average molecular weight is 708 g/mol. The predicted octanol–water partition coefficient (Wildman–Crippen LogP) is 7.26. The van der Waals surface area contributed by atoms with Gasteiger partial charge in [0, 0.05) is 69.9 Å². The van der Waals surface area contributed by atoms with Crippen LogP contribution in [0.2, 0.25) is 0 Å². The van der Waals surface area contributed by atoms with E-state index in [-0.39, 0.29) is 17.4 Å². The molecule has 0 unspecified atom stereocenters. The van der Waals surface area contributed by atoms with E-state index < -0.39 is 30.7 Å². The van der Waals surface area contributed by atoms with Crippen LogP contribution in [0.4, 0.5) is 27.6 Å². The molecule has 0 radical (unpaired) electrons. The summed E-state index contributed by atoms with van der Waals surface area (Å²) < 4.78 is 76.3. The molecule has 6 rings (SSSR count). The lowest BCUT2D eigenvalue weighted by molar-refractivity contribution is -0.137. The topological polar surface area (TPSA) is 80.1 Å². The lowest BCUT2D eigenvalue weighted by atomic mass is 10.1. The molecule has 2 aromatic heterocycles. The van der Waals surface area contributed by atoms with Gasteiger partial charge in [-0.05, 0) is 66.2 Å². The van der Waals surface area contributed by atoms with Crippen LogP contribution in [0.3, 0.4) is 0 Å². The molecular weight excluding hydrogens is 673 g/mol. The maximum Gasteiger partial charge on any atom is 0.416 e. The number of fused-ring (bicyclic) bond motifs is 1. The first-order valence-electron chi connectivity index (χ1n) is 16.1. The number of anilines is 1. The number of rotatable bonds is 10. The Hall–Kier alpha value is -5.50. The van der Waals surface area contributed by atoms with Crippen LogP contribution in [-0.4, -0.2) is 77.4 Å². The van der Waals surface area contributed by atoms with E-state index in [2.05, 4.69) is 9.88 Å². The molecule has 2 amide bonds. The quantitative estimate of drug-likeness (QED) is 0.142. The number of nitrogens with zero attached hydrogens (tertiary/aromatic N) is 5. The molecule has 0 spiro atoms. The van der Waals surface area contributed by atoms with Gasteiger partial charge in [-0.1, -0.05) is 12.1 Å². The molecule has 1 fully saturated rings. The molecule has 3 aromatic carbocycles. The van der Waals surface area contributed by atoms with Gasteiger partial charge >= 0.3 is 6.18 Å². The number of ether oxygens (including phenoxy) is 2. The number of carbonyl (C=O) groups excluding carboxylic acids is 2. The summed E-state index contributed by atoms with van der Waals surface area (Å²) in [5.74, 6) is 0.566. The van der Waals surface area contributed by atoms with Crippen molar-refractivity contribution in [3.8, 4) is 17.4 Å². The summed E-state index contributed by atoms with van der Waals surface area (Å²) in [5.41, 5.74) is 2.04. The molecule has 0 bridgehead atoms. The first-order valence-corrected chi connectivity index (χ1v) is 16.1. The fourth-order valence-corrected chi connectivity index (χ4v) is 5.82. The monoisotopic (exact) mass is 707 g/mol. The van der Waals surface area contributed by atoms with Crippen molar-refractivity contribution in [3.63, 3.8) is 0 Å². The van der Waals surface area contributed by atoms with Crippen molar-refractivity contribution in [1.82, 2.24) is 19.4 Å². The van der Waals surface area contributed by atoms with Crippen molar-refractivity contribution >= 4 is 28.4 Å². The number of alkyl halides is 5. The minimum atomic E-state index is -4.49. The SMILES string of the molecule is CN(C(=O)c1ccc(C(F)(F)F)cc1)c1ccc(Oc2ccc3cc(C(=O)N4CCN(Cc5ccc(OCC(F)F)cc5)CC4)n(C)c3c2)nc1. The Morgan fingerprint density at radius 2 is 1.57 bits per heavy atom. The third-order valence-electron chi connectivity index (χ3n) is 8.70. The van der Waals surface area contributed by atoms with Crippen LogP contribution in [0, 0.1) is 0 Å². The molecule has 3 heterocycles. The highest BCUT2D eigenvalue weighted by Gasteiger charge is 2.30. The molecule has 51 heavy (non-hydrogen) atoms. The van der Waals surface area contributed by atoms with Crippen molar-refractivity contribution in [3.05, 3.63) is 114 Å². The van der Waals surface area contributed by atoms with E-state index in [1.807, 2.05) is 46.8 Å². The Bertz CT molecular complexity index is 1990. The van der Waals surface area contributed by atoms with Crippen molar-refractivity contribution in [1.29, 1.82) is 0 Å². The lowest BCUT2D eigenvalue weighted by Crippen LogP contribution is -2.48. The van der Waals surface area contributed by atoms with Crippen molar-refractivity contribution in [2.75, 3.05) is 44.7 Å². The van der Waals surface area contributed by atoms with Crippen LogP contribution in [0.15, 0.2) is 91.1 Å².